The number of carbonyl (C=O) groups is 2. The molecule has 1 rings (SSSR count). The summed E-state index contributed by atoms with van der Waals surface area (Å²) >= 11 is 1.11. The van der Waals surface area contributed by atoms with Gasteiger partial charge < -0.3 is 10.4 Å². The van der Waals surface area contributed by atoms with Crippen molar-refractivity contribution in [2.24, 2.45) is 0 Å². The number of sulfonamides is 1. The molecule has 1 heterocycles. The number of amides is 1. The van der Waals surface area contributed by atoms with Crippen molar-refractivity contribution in [2.45, 2.75) is 6.54 Å². The van der Waals surface area contributed by atoms with Crippen LogP contribution >= 0.6 is 11.3 Å². The zero-order valence-electron chi connectivity index (χ0n) is 10.3. The number of carbonyl (C=O) groups excluding carboxylic acids is 1. The molecule has 1 amide bonds. The van der Waals surface area contributed by atoms with E-state index >= 15 is 0 Å². The Kier molecular flexibility index (Phi) is 4.97. The van der Waals surface area contributed by atoms with Crippen molar-refractivity contribution in [1.82, 2.24) is 14.6 Å². The molecule has 10 heteroatoms. The molecule has 8 nitrogen and oxygen atoms in total. The second-order valence-electron chi connectivity index (χ2n) is 3.73. The summed E-state index contributed by atoms with van der Waals surface area (Å²) in [6.45, 7) is -0.232. The number of aromatic carboxylic acids is 1. The molecule has 0 atom stereocenters. The maximum atomic E-state index is 11.5. The Morgan fingerprint density at radius 1 is 1.53 bits per heavy atom. The van der Waals surface area contributed by atoms with Crippen LogP contribution in [0.4, 0.5) is 0 Å². The van der Waals surface area contributed by atoms with Crippen LogP contribution in [0.25, 0.3) is 0 Å². The third kappa shape index (κ3) is 4.93. The minimum Gasteiger partial charge on any atom is -0.476 e. The van der Waals surface area contributed by atoms with Crippen LogP contribution in [0.3, 0.4) is 0 Å². The van der Waals surface area contributed by atoms with Gasteiger partial charge in [0.15, 0.2) is 5.69 Å². The molecule has 1 aromatic heterocycles. The molecule has 0 spiro atoms. The van der Waals surface area contributed by atoms with Crippen molar-refractivity contribution in [1.29, 1.82) is 0 Å². The number of carboxylic acids is 1. The Hall–Kier alpha value is -1.52. The van der Waals surface area contributed by atoms with Crippen LogP contribution in [0, 0.1) is 0 Å². The highest BCUT2D eigenvalue weighted by Crippen LogP contribution is 2.09. The lowest BCUT2D eigenvalue weighted by Crippen LogP contribution is -2.37. The lowest BCUT2D eigenvalue weighted by Gasteiger charge is -2.13. The smallest absolute Gasteiger partial charge is 0.355 e. The number of hydrogen-bond donors (Lipinski definition) is 2. The van der Waals surface area contributed by atoms with Crippen molar-refractivity contribution >= 4 is 33.2 Å². The number of hydrogen-bond acceptors (Lipinski definition) is 6. The first-order valence-electron chi connectivity index (χ1n) is 5.06. The summed E-state index contributed by atoms with van der Waals surface area (Å²) in [6, 6.07) is 0. The van der Waals surface area contributed by atoms with Gasteiger partial charge in [0.1, 0.15) is 5.01 Å². The summed E-state index contributed by atoms with van der Waals surface area (Å²) in [5.41, 5.74) is -0.0810. The van der Waals surface area contributed by atoms with Gasteiger partial charge >= 0.3 is 5.97 Å². The number of nitrogens with zero attached hydrogens (tertiary/aromatic N) is 2. The molecular formula is C9H13N3O5S2. The quantitative estimate of drug-likeness (QED) is 0.721. The van der Waals surface area contributed by atoms with E-state index in [4.69, 9.17) is 5.11 Å². The zero-order valence-corrected chi connectivity index (χ0v) is 11.9. The van der Waals surface area contributed by atoms with Crippen molar-refractivity contribution < 1.29 is 23.1 Å². The van der Waals surface area contributed by atoms with E-state index in [1.165, 1.54) is 12.4 Å². The minimum absolute atomic E-state index is 0.0639. The third-order valence-corrected chi connectivity index (χ3v) is 4.25. The lowest BCUT2D eigenvalue weighted by molar-refractivity contribution is -0.121. The molecule has 0 aromatic carbocycles. The summed E-state index contributed by atoms with van der Waals surface area (Å²) < 4.78 is 23.1. The third-order valence-electron chi connectivity index (χ3n) is 2.14. The molecule has 0 aliphatic rings. The average molecular weight is 307 g/mol. The highest BCUT2D eigenvalue weighted by atomic mass is 32.2. The second kappa shape index (κ2) is 6.08. The molecule has 106 valence electrons. The highest BCUT2D eigenvalue weighted by Gasteiger charge is 2.15. The molecule has 0 saturated heterocycles. The van der Waals surface area contributed by atoms with Gasteiger partial charge in [-0.1, -0.05) is 0 Å². The van der Waals surface area contributed by atoms with Gasteiger partial charge in [-0.3, -0.25) is 4.79 Å². The monoisotopic (exact) mass is 307 g/mol. The maximum Gasteiger partial charge on any atom is 0.355 e. The van der Waals surface area contributed by atoms with Gasteiger partial charge in [-0.2, -0.15) is 4.31 Å². The van der Waals surface area contributed by atoms with E-state index in [1.54, 1.807) is 0 Å². The Labute approximate surface area is 114 Å². The van der Waals surface area contributed by atoms with Crippen LogP contribution < -0.4 is 5.32 Å². The molecule has 0 saturated carbocycles. The fraction of sp³-hybridized carbons (Fsp3) is 0.444. The summed E-state index contributed by atoms with van der Waals surface area (Å²) in [6.07, 6.45) is 1.00. The van der Waals surface area contributed by atoms with Crippen molar-refractivity contribution in [3.8, 4) is 0 Å². The fourth-order valence-corrected chi connectivity index (χ4v) is 2.10. The van der Waals surface area contributed by atoms with Crippen LogP contribution in [0.1, 0.15) is 15.5 Å². The largest absolute Gasteiger partial charge is 0.476 e. The van der Waals surface area contributed by atoms with E-state index in [0.29, 0.717) is 5.01 Å². The van der Waals surface area contributed by atoms with Gasteiger partial charge in [0, 0.05) is 12.4 Å². The second-order valence-corrected chi connectivity index (χ2v) is 6.76. The molecule has 0 radical (unpaired) electrons. The van der Waals surface area contributed by atoms with Gasteiger partial charge in [-0.05, 0) is 0 Å². The van der Waals surface area contributed by atoms with Gasteiger partial charge in [0.05, 0.1) is 19.3 Å². The van der Waals surface area contributed by atoms with Crippen molar-refractivity contribution in [2.75, 3.05) is 19.8 Å². The van der Waals surface area contributed by atoms with Crippen LogP contribution in [-0.2, 0) is 21.4 Å². The van der Waals surface area contributed by atoms with Crippen LogP contribution in [0.15, 0.2) is 5.38 Å². The molecule has 19 heavy (non-hydrogen) atoms. The number of likely N-dealkylation sites (N-methyl/N-ethyl adjacent to an activating group) is 1. The van der Waals surface area contributed by atoms with Gasteiger partial charge in [0.25, 0.3) is 0 Å². The number of nitrogens with one attached hydrogen (secondary N) is 1. The topological polar surface area (TPSA) is 117 Å². The zero-order chi connectivity index (χ0) is 14.6. The molecule has 0 unspecified atom stereocenters. The van der Waals surface area contributed by atoms with Crippen LogP contribution in [0.5, 0.6) is 0 Å². The predicted molar refractivity (Wildman–Crippen MR) is 68.4 cm³/mol. The summed E-state index contributed by atoms with van der Waals surface area (Å²) in [7, 11) is -2.11. The molecule has 0 fully saturated rings. The molecule has 1 aromatic rings. The van der Waals surface area contributed by atoms with Crippen LogP contribution in [0.2, 0.25) is 0 Å². The molecule has 2 N–H and O–H groups in total. The number of thiazole rings is 1. The van der Waals surface area contributed by atoms with Gasteiger partial charge in [0.2, 0.25) is 15.9 Å². The van der Waals surface area contributed by atoms with Crippen molar-refractivity contribution in [3.63, 3.8) is 0 Å². The minimum atomic E-state index is -3.41. The Bertz CT molecular complexity index is 580. The first-order valence-corrected chi connectivity index (χ1v) is 7.78. The summed E-state index contributed by atoms with van der Waals surface area (Å²) in [5.74, 6) is -1.62. The normalized spacial score (nSPS) is 11.5. The van der Waals surface area contributed by atoms with E-state index in [9.17, 15) is 18.0 Å². The van der Waals surface area contributed by atoms with Gasteiger partial charge in [-0.25, -0.2) is 18.2 Å². The summed E-state index contributed by atoms with van der Waals surface area (Å²) in [4.78, 5) is 25.8. The standard InChI is InChI=1S/C9H13N3O5S2/c1-12(19(2,16)17)4-7(13)10-3-8-11-6(5-18-8)9(14)15/h5H,3-4H2,1-2H3,(H,10,13)(H,14,15). The van der Waals surface area contributed by atoms with Crippen molar-refractivity contribution in [3.05, 3.63) is 16.1 Å². The lowest BCUT2D eigenvalue weighted by atomic mass is 10.5. The summed E-state index contributed by atoms with van der Waals surface area (Å²) in [5, 5.41) is 12.9. The molecule has 0 aliphatic heterocycles. The number of carboxylic acid groups (broad SMARTS) is 1. The Morgan fingerprint density at radius 3 is 2.63 bits per heavy atom. The van der Waals surface area contributed by atoms with E-state index in [1.807, 2.05) is 0 Å². The van der Waals surface area contributed by atoms with E-state index in [0.717, 1.165) is 21.9 Å². The van der Waals surface area contributed by atoms with Gasteiger partial charge in [-0.15, -0.1) is 11.3 Å². The maximum absolute atomic E-state index is 11.5. The molecular weight excluding hydrogens is 294 g/mol. The van der Waals surface area contributed by atoms with E-state index in [-0.39, 0.29) is 18.8 Å². The SMILES string of the molecule is CN(CC(=O)NCc1nc(C(=O)O)cs1)S(C)(=O)=O. The fourth-order valence-electron chi connectivity index (χ4n) is 1.04. The number of aromatic nitrogens is 1. The molecule has 0 aliphatic carbocycles. The van der Waals surface area contributed by atoms with Crippen LogP contribution in [-0.4, -0.2) is 54.5 Å². The number of rotatable bonds is 6. The average Bonchev–Trinajstić information content (AvgIpc) is 2.73. The predicted octanol–water partition coefficient (Wildman–Crippen LogP) is -0.651. The first kappa shape index (κ1) is 15.5. The first-order chi connectivity index (χ1) is 8.70. The molecule has 0 bridgehead atoms. The van der Waals surface area contributed by atoms with E-state index < -0.39 is 21.9 Å². The Balaban J connectivity index is 2.48. The van der Waals surface area contributed by atoms with E-state index in [2.05, 4.69) is 10.3 Å². The highest BCUT2D eigenvalue weighted by molar-refractivity contribution is 7.88. The Morgan fingerprint density at radius 2 is 2.16 bits per heavy atom.